The van der Waals surface area contributed by atoms with Crippen LogP contribution in [0.1, 0.15) is 54.5 Å². The van der Waals surface area contributed by atoms with Crippen molar-refractivity contribution in [3.05, 3.63) is 58.4 Å². The van der Waals surface area contributed by atoms with Crippen molar-refractivity contribution in [3.8, 4) is 0 Å². The van der Waals surface area contributed by atoms with Crippen LogP contribution in [0, 0.1) is 6.92 Å². The predicted molar refractivity (Wildman–Crippen MR) is 100.0 cm³/mol. The molecule has 0 aliphatic carbocycles. The van der Waals surface area contributed by atoms with Crippen molar-refractivity contribution in [3.63, 3.8) is 0 Å². The number of aryl methyl sites for hydroxylation is 1. The van der Waals surface area contributed by atoms with Crippen LogP contribution in [-0.2, 0) is 0 Å². The summed E-state index contributed by atoms with van der Waals surface area (Å²) in [5.41, 5.74) is 3.05. The molecule has 130 valence electrons. The number of fused-ring (bicyclic) bond motifs is 1. The van der Waals surface area contributed by atoms with E-state index >= 15 is 0 Å². The minimum absolute atomic E-state index is 0.127. The van der Waals surface area contributed by atoms with E-state index in [0.717, 1.165) is 16.6 Å². The Morgan fingerprint density at radius 3 is 2.52 bits per heavy atom. The summed E-state index contributed by atoms with van der Waals surface area (Å²) in [4.78, 5) is 17.3. The maximum Gasteiger partial charge on any atom is 0.253 e. The first-order valence-electron chi connectivity index (χ1n) is 8.28. The zero-order valence-electron chi connectivity index (χ0n) is 14.7. The van der Waals surface area contributed by atoms with Crippen LogP contribution in [0.2, 0.25) is 5.02 Å². The molecule has 0 spiro atoms. The van der Waals surface area contributed by atoms with Gasteiger partial charge in [0.1, 0.15) is 0 Å². The molecule has 1 aromatic carbocycles. The molecule has 3 rings (SSSR count). The highest BCUT2D eigenvalue weighted by molar-refractivity contribution is 6.30. The van der Waals surface area contributed by atoms with Gasteiger partial charge in [0.2, 0.25) is 0 Å². The topological polar surface area (TPSA) is 59.8 Å². The number of nitrogens with one attached hydrogen (secondary N) is 1. The summed E-state index contributed by atoms with van der Waals surface area (Å²) in [7, 11) is 0. The van der Waals surface area contributed by atoms with Crippen molar-refractivity contribution >= 4 is 28.5 Å². The van der Waals surface area contributed by atoms with Crippen LogP contribution in [0.3, 0.4) is 0 Å². The second kappa shape index (κ2) is 6.84. The van der Waals surface area contributed by atoms with Crippen LogP contribution in [0.25, 0.3) is 11.0 Å². The quantitative estimate of drug-likeness (QED) is 0.750. The summed E-state index contributed by atoms with van der Waals surface area (Å²) >= 11 is 5.91. The van der Waals surface area contributed by atoms with Crippen LogP contribution >= 0.6 is 11.6 Å². The van der Waals surface area contributed by atoms with Gasteiger partial charge in [0.05, 0.1) is 23.5 Å². The van der Waals surface area contributed by atoms with Crippen LogP contribution < -0.4 is 5.32 Å². The maximum absolute atomic E-state index is 12.7. The summed E-state index contributed by atoms with van der Waals surface area (Å²) in [5.74, 6) is -0.147. The lowest BCUT2D eigenvalue weighted by Gasteiger charge is -2.15. The van der Waals surface area contributed by atoms with Crippen molar-refractivity contribution in [2.24, 2.45) is 0 Å². The number of pyridine rings is 1. The molecular weight excluding hydrogens is 336 g/mol. The predicted octanol–water partition coefficient (Wildman–Crippen LogP) is 4.47. The van der Waals surface area contributed by atoms with Crippen LogP contribution in [0.4, 0.5) is 0 Å². The summed E-state index contributed by atoms with van der Waals surface area (Å²) in [5, 5.41) is 8.92. The van der Waals surface area contributed by atoms with Crippen molar-refractivity contribution < 1.29 is 4.79 Å². The standard InChI is InChI=1S/C19H21ClN4O/c1-11(2)24-18-15(10-21-24)9-17(13(4)22-18)19(25)23-12(3)14-5-7-16(20)8-6-14/h5-12H,1-4H3,(H,23,25). The Labute approximate surface area is 152 Å². The first-order chi connectivity index (χ1) is 11.9. The van der Waals surface area contributed by atoms with Crippen LogP contribution in [0.15, 0.2) is 36.5 Å². The van der Waals surface area contributed by atoms with E-state index in [4.69, 9.17) is 11.6 Å². The van der Waals surface area contributed by atoms with E-state index in [2.05, 4.69) is 29.2 Å². The number of hydrogen-bond acceptors (Lipinski definition) is 3. The number of halogens is 1. The number of hydrogen-bond donors (Lipinski definition) is 1. The van der Waals surface area contributed by atoms with E-state index in [1.165, 1.54) is 0 Å². The second-order valence-corrected chi connectivity index (χ2v) is 6.90. The molecular formula is C19H21ClN4O. The Kier molecular flexibility index (Phi) is 4.77. The molecule has 25 heavy (non-hydrogen) atoms. The van der Waals surface area contributed by atoms with Gasteiger partial charge in [-0.05, 0) is 51.5 Å². The highest BCUT2D eigenvalue weighted by atomic mass is 35.5. The molecule has 0 radical (unpaired) electrons. The Hall–Kier alpha value is -2.40. The summed E-state index contributed by atoms with van der Waals surface area (Å²) in [6, 6.07) is 9.40. The zero-order chi connectivity index (χ0) is 18.1. The fraction of sp³-hybridized carbons (Fsp3) is 0.316. The maximum atomic E-state index is 12.7. The van der Waals surface area contributed by atoms with E-state index in [0.29, 0.717) is 16.3 Å². The molecule has 5 nitrogen and oxygen atoms in total. The number of amides is 1. The van der Waals surface area contributed by atoms with Crippen LogP contribution in [0.5, 0.6) is 0 Å². The molecule has 0 aliphatic heterocycles. The lowest BCUT2D eigenvalue weighted by molar-refractivity contribution is 0.0939. The lowest BCUT2D eigenvalue weighted by atomic mass is 10.1. The Morgan fingerprint density at radius 1 is 1.20 bits per heavy atom. The number of carbonyl (C=O) groups excluding carboxylic acids is 1. The third kappa shape index (κ3) is 3.51. The number of rotatable bonds is 4. The summed E-state index contributed by atoms with van der Waals surface area (Å²) in [6.45, 7) is 7.90. The number of benzene rings is 1. The highest BCUT2D eigenvalue weighted by Gasteiger charge is 2.17. The van der Waals surface area contributed by atoms with Gasteiger partial charge >= 0.3 is 0 Å². The largest absolute Gasteiger partial charge is 0.345 e. The van der Waals surface area contributed by atoms with Crippen LogP contribution in [-0.4, -0.2) is 20.7 Å². The molecule has 1 amide bonds. The highest BCUT2D eigenvalue weighted by Crippen LogP contribution is 2.21. The van der Waals surface area contributed by atoms with Gasteiger partial charge in [-0.3, -0.25) is 4.79 Å². The van der Waals surface area contributed by atoms with E-state index in [-0.39, 0.29) is 18.0 Å². The zero-order valence-corrected chi connectivity index (χ0v) is 15.5. The van der Waals surface area contributed by atoms with Gasteiger partial charge in [-0.2, -0.15) is 5.10 Å². The minimum Gasteiger partial charge on any atom is -0.345 e. The van der Waals surface area contributed by atoms with E-state index in [1.807, 2.05) is 48.9 Å². The number of aromatic nitrogens is 3. The average molecular weight is 357 g/mol. The third-order valence-electron chi connectivity index (χ3n) is 4.21. The Balaban J connectivity index is 1.86. The molecule has 0 saturated carbocycles. The fourth-order valence-electron chi connectivity index (χ4n) is 2.78. The normalized spacial score (nSPS) is 12.6. The summed E-state index contributed by atoms with van der Waals surface area (Å²) < 4.78 is 1.86. The molecule has 2 aromatic heterocycles. The Morgan fingerprint density at radius 2 is 1.88 bits per heavy atom. The SMILES string of the molecule is Cc1nc2c(cnn2C(C)C)cc1C(=O)NC(C)c1ccc(Cl)cc1. The monoisotopic (exact) mass is 356 g/mol. The molecule has 1 N–H and O–H groups in total. The molecule has 6 heteroatoms. The molecule has 0 bridgehead atoms. The van der Waals surface area contributed by atoms with Gasteiger partial charge in [-0.1, -0.05) is 23.7 Å². The van der Waals surface area contributed by atoms with Crippen molar-refractivity contribution in [2.45, 2.75) is 39.8 Å². The summed E-state index contributed by atoms with van der Waals surface area (Å²) in [6.07, 6.45) is 1.75. The van der Waals surface area contributed by atoms with Gasteiger partial charge in [-0.25, -0.2) is 9.67 Å². The van der Waals surface area contributed by atoms with Gasteiger partial charge < -0.3 is 5.32 Å². The van der Waals surface area contributed by atoms with Gasteiger partial charge in [0, 0.05) is 16.5 Å². The first kappa shape index (κ1) is 17.4. The molecule has 0 aliphatic rings. The van der Waals surface area contributed by atoms with Crippen molar-refractivity contribution in [1.82, 2.24) is 20.1 Å². The van der Waals surface area contributed by atoms with E-state index < -0.39 is 0 Å². The lowest BCUT2D eigenvalue weighted by Crippen LogP contribution is -2.27. The van der Waals surface area contributed by atoms with Gasteiger partial charge in [0.15, 0.2) is 5.65 Å². The molecule has 1 unspecified atom stereocenters. The minimum atomic E-state index is -0.147. The molecule has 3 aromatic rings. The van der Waals surface area contributed by atoms with E-state index in [1.54, 1.807) is 6.20 Å². The van der Waals surface area contributed by atoms with E-state index in [9.17, 15) is 4.79 Å². The molecule has 0 saturated heterocycles. The smallest absolute Gasteiger partial charge is 0.253 e. The van der Waals surface area contributed by atoms with Gasteiger partial charge in [-0.15, -0.1) is 0 Å². The fourth-order valence-corrected chi connectivity index (χ4v) is 2.91. The molecule has 1 atom stereocenters. The number of nitrogens with zero attached hydrogens (tertiary/aromatic N) is 3. The molecule has 2 heterocycles. The second-order valence-electron chi connectivity index (χ2n) is 6.46. The third-order valence-corrected chi connectivity index (χ3v) is 4.46. The van der Waals surface area contributed by atoms with Gasteiger partial charge in [0.25, 0.3) is 5.91 Å². The van der Waals surface area contributed by atoms with Crippen molar-refractivity contribution in [2.75, 3.05) is 0 Å². The number of carbonyl (C=O) groups is 1. The molecule has 0 fully saturated rings. The Bertz CT molecular complexity index is 915. The average Bonchev–Trinajstić information content (AvgIpc) is 2.97. The first-order valence-corrected chi connectivity index (χ1v) is 8.66. The van der Waals surface area contributed by atoms with Crippen molar-refractivity contribution in [1.29, 1.82) is 0 Å².